The first-order valence-corrected chi connectivity index (χ1v) is 9.50. The van der Waals surface area contributed by atoms with Gasteiger partial charge in [-0.1, -0.05) is 18.2 Å². The molecule has 0 bridgehead atoms. The average Bonchev–Trinajstić information content (AvgIpc) is 3.29. The topological polar surface area (TPSA) is 25.2 Å². The largest absolute Gasteiger partial charge is 0.340 e. The van der Waals surface area contributed by atoms with Gasteiger partial charge in [-0.15, -0.1) is 0 Å². The molecule has 3 nitrogen and oxygen atoms in total. The summed E-state index contributed by atoms with van der Waals surface area (Å²) in [5.41, 5.74) is 4.84. The molecule has 1 unspecified atom stereocenters. The molecule has 128 valence electrons. The number of carbonyl (C=O) groups is 1. The van der Waals surface area contributed by atoms with E-state index in [0.717, 1.165) is 18.5 Å². The third kappa shape index (κ3) is 2.26. The minimum absolute atomic E-state index is 0.307. The maximum absolute atomic E-state index is 12.2. The molecule has 1 aliphatic heterocycles. The van der Waals surface area contributed by atoms with Crippen LogP contribution in [0, 0.1) is 0 Å². The number of Topliss-reactive ketones (excluding diaryl/α,β-unsaturated/α-hetero) is 1. The Hall–Kier alpha value is -2.13. The van der Waals surface area contributed by atoms with Crippen LogP contribution in [0.3, 0.4) is 0 Å². The Kier molecular flexibility index (Phi) is 3.46. The van der Waals surface area contributed by atoms with Crippen molar-refractivity contribution in [2.24, 2.45) is 0 Å². The Morgan fingerprint density at radius 3 is 2.80 bits per heavy atom. The number of para-hydroxylation sites is 1. The standard InChI is InChI=1S/C22H24N2O/c1-23-13-4-5-15(23)12-14-24-19-7-3-2-6-18(19)22-17-9-11-21(25)16(17)8-10-20(22)24/h2-3,6-8,10,15H,4-5,9,11-14H2,1H3. The first kappa shape index (κ1) is 15.2. The molecule has 25 heavy (non-hydrogen) atoms. The van der Waals surface area contributed by atoms with Crippen LogP contribution in [0.1, 0.15) is 41.6 Å². The summed E-state index contributed by atoms with van der Waals surface area (Å²) < 4.78 is 2.49. The summed E-state index contributed by atoms with van der Waals surface area (Å²) in [6.07, 6.45) is 5.40. The van der Waals surface area contributed by atoms with Gasteiger partial charge in [-0.2, -0.15) is 0 Å². The smallest absolute Gasteiger partial charge is 0.163 e. The van der Waals surface area contributed by atoms with Crippen molar-refractivity contribution in [3.05, 3.63) is 47.5 Å². The first-order chi connectivity index (χ1) is 12.2. The predicted octanol–water partition coefficient (Wildman–Crippen LogP) is 4.41. The van der Waals surface area contributed by atoms with Gasteiger partial charge >= 0.3 is 0 Å². The van der Waals surface area contributed by atoms with Gasteiger partial charge in [-0.05, 0) is 63.0 Å². The van der Waals surface area contributed by atoms with Gasteiger partial charge < -0.3 is 9.47 Å². The van der Waals surface area contributed by atoms with E-state index in [1.54, 1.807) is 0 Å². The molecule has 1 aromatic heterocycles. The van der Waals surface area contributed by atoms with E-state index in [1.165, 1.54) is 53.2 Å². The lowest BCUT2D eigenvalue weighted by Crippen LogP contribution is -2.26. The minimum atomic E-state index is 0.307. The number of fused-ring (bicyclic) bond motifs is 5. The summed E-state index contributed by atoms with van der Waals surface area (Å²) in [6, 6.07) is 13.6. The second-order valence-corrected chi connectivity index (χ2v) is 7.64. The summed E-state index contributed by atoms with van der Waals surface area (Å²) in [4.78, 5) is 14.7. The van der Waals surface area contributed by atoms with Crippen LogP contribution in [-0.2, 0) is 13.0 Å². The quantitative estimate of drug-likeness (QED) is 0.710. The van der Waals surface area contributed by atoms with Gasteiger partial charge in [0.25, 0.3) is 0 Å². The molecule has 2 aromatic carbocycles. The lowest BCUT2D eigenvalue weighted by molar-refractivity contribution is 0.0994. The fourth-order valence-electron chi connectivity index (χ4n) is 4.97. The highest BCUT2D eigenvalue weighted by Crippen LogP contribution is 2.37. The summed E-state index contributed by atoms with van der Waals surface area (Å²) in [7, 11) is 2.25. The predicted molar refractivity (Wildman–Crippen MR) is 102 cm³/mol. The van der Waals surface area contributed by atoms with Gasteiger partial charge in [0.1, 0.15) is 0 Å². The van der Waals surface area contributed by atoms with Crippen molar-refractivity contribution in [3.8, 4) is 0 Å². The maximum atomic E-state index is 12.2. The highest BCUT2D eigenvalue weighted by Gasteiger charge is 2.25. The molecule has 0 radical (unpaired) electrons. The Morgan fingerprint density at radius 1 is 1.08 bits per heavy atom. The van der Waals surface area contributed by atoms with Crippen molar-refractivity contribution in [3.63, 3.8) is 0 Å². The Bertz CT molecular complexity index is 985. The number of nitrogens with zero attached hydrogens (tertiary/aromatic N) is 2. The molecule has 0 N–H and O–H groups in total. The highest BCUT2D eigenvalue weighted by molar-refractivity contribution is 6.15. The van der Waals surface area contributed by atoms with E-state index in [9.17, 15) is 4.79 Å². The zero-order chi connectivity index (χ0) is 17.0. The van der Waals surface area contributed by atoms with E-state index in [-0.39, 0.29) is 0 Å². The number of aryl methyl sites for hydroxylation is 2. The number of aromatic nitrogens is 1. The Labute approximate surface area is 148 Å². The SMILES string of the molecule is CN1CCCC1CCn1c2ccccc2c2c3c(ccc21)C(=O)CC3. The molecule has 1 aliphatic carbocycles. The van der Waals surface area contributed by atoms with Crippen LogP contribution in [0.4, 0.5) is 0 Å². The molecule has 3 heteroatoms. The van der Waals surface area contributed by atoms with Crippen LogP contribution in [0.5, 0.6) is 0 Å². The average molecular weight is 332 g/mol. The zero-order valence-electron chi connectivity index (χ0n) is 14.8. The summed E-state index contributed by atoms with van der Waals surface area (Å²) in [5.74, 6) is 0.307. The van der Waals surface area contributed by atoms with Crippen LogP contribution < -0.4 is 0 Å². The van der Waals surface area contributed by atoms with E-state index in [4.69, 9.17) is 0 Å². The summed E-state index contributed by atoms with van der Waals surface area (Å²) in [5, 5.41) is 2.63. The number of hydrogen-bond acceptors (Lipinski definition) is 2. The van der Waals surface area contributed by atoms with Crippen molar-refractivity contribution in [2.45, 2.75) is 44.7 Å². The lowest BCUT2D eigenvalue weighted by atomic mass is 10.0. The van der Waals surface area contributed by atoms with Gasteiger partial charge in [0, 0.05) is 46.4 Å². The number of benzene rings is 2. The van der Waals surface area contributed by atoms with Gasteiger partial charge in [0.2, 0.25) is 0 Å². The zero-order valence-corrected chi connectivity index (χ0v) is 14.8. The fourth-order valence-corrected chi connectivity index (χ4v) is 4.97. The summed E-state index contributed by atoms with van der Waals surface area (Å²) >= 11 is 0. The summed E-state index contributed by atoms with van der Waals surface area (Å²) in [6.45, 7) is 2.28. The molecular formula is C22H24N2O. The number of likely N-dealkylation sites (tertiary alicyclic amines) is 1. The van der Waals surface area contributed by atoms with Crippen molar-refractivity contribution < 1.29 is 4.79 Å². The maximum Gasteiger partial charge on any atom is 0.163 e. The molecule has 3 aromatic rings. The van der Waals surface area contributed by atoms with Crippen LogP contribution in [0.15, 0.2) is 36.4 Å². The fraction of sp³-hybridized carbons (Fsp3) is 0.409. The van der Waals surface area contributed by atoms with Crippen molar-refractivity contribution in [1.82, 2.24) is 9.47 Å². The second-order valence-electron chi connectivity index (χ2n) is 7.64. The highest BCUT2D eigenvalue weighted by atomic mass is 16.1. The molecule has 1 fully saturated rings. The number of ketones is 1. The first-order valence-electron chi connectivity index (χ1n) is 9.50. The van der Waals surface area contributed by atoms with Gasteiger partial charge in [0.05, 0.1) is 0 Å². The molecule has 1 atom stereocenters. The van der Waals surface area contributed by atoms with Crippen LogP contribution in [0.25, 0.3) is 21.8 Å². The van der Waals surface area contributed by atoms with Crippen LogP contribution >= 0.6 is 0 Å². The second kappa shape index (κ2) is 5.70. The molecule has 1 saturated heterocycles. The molecule has 0 saturated carbocycles. The third-order valence-electron chi connectivity index (χ3n) is 6.31. The molecular weight excluding hydrogens is 308 g/mol. The molecule has 2 aliphatic rings. The minimum Gasteiger partial charge on any atom is -0.340 e. The monoisotopic (exact) mass is 332 g/mol. The van der Waals surface area contributed by atoms with E-state index in [1.807, 2.05) is 0 Å². The third-order valence-corrected chi connectivity index (χ3v) is 6.31. The molecule has 0 amide bonds. The molecule has 2 heterocycles. The van der Waals surface area contributed by atoms with Crippen LogP contribution in [0.2, 0.25) is 0 Å². The normalized spacial score (nSPS) is 20.8. The van der Waals surface area contributed by atoms with Crippen molar-refractivity contribution in [1.29, 1.82) is 0 Å². The van der Waals surface area contributed by atoms with E-state index in [2.05, 4.69) is 52.9 Å². The van der Waals surface area contributed by atoms with E-state index >= 15 is 0 Å². The van der Waals surface area contributed by atoms with Crippen molar-refractivity contribution in [2.75, 3.05) is 13.6 Å². The number of hydrogen-bond donors (Lipinski definition) is 0. The number of rotatable bonds is 3. The Morgan fingerprint density at radius 2 is 1.96 bits per heavy atom. The van der Waals surface area contributed by atoms with E-state index < -0.39 is 0 Å². The number of carbonyl (C=O) groups excluding carboxylic acids is 1. The lowest BCUT2D eigenvalue weighted by Gasteiger charge is -2.20. The van der Waals surface area contributed by atoms with Gasteiger partial charge in [0.15, 0.2) is 5.78 Å². The van der Waals surface area contributed by atoms with Crippen LogP contribution in [-0.4, -0.2) is 34.9 Å². The van der Waals surface area contributed by atoms with E-state index in [0.29, 0.717) is 18.2 Å². The molecule has 5 rings (SSSR count). The van der Waals surface area contributed by atoms with Crippen molar-refractivity contribution >= 4 is 27.6 Å². The van der Waals surface area contributed by atoms with Gasteiger partial charge in [-0.3, -0.25) is 4.79 Å². The Balaban J connectivity index is 1.65. The molecule has 0 spiro atoms. The van der Waals surface area contributed by atoms with Gasteiger partial charge in [-0.25, -0.2) is 0 Å².